The van der Waals surface area contributed by atoms with Crippen LogP contribution < -0.4 is 5.32 Å². The lowest BCUT2D eigenvalue weighted by Gasteiger charge is -2.26. The molecule has 1 aliphatic heterocycles. The maximum absolute atomic E-state index is 12.5. The molecular formula is C18H24N2O4S. The fourth-order valence-corrected chi connectivity index (χ4v) is 4.59. The molecule has 7 heteroatoms. The minimum Gasteiger partial charge on any atom is -0.379 e. The van der Waals surface area contributed by atoms with Crippen LogP contribution in [-0.2, 0) is 19.6 Å². The van der Waals surface area contributed by atoms with Gasteiger partial charge in [0.1, 0.15) is 0 Å². The van der Waals surface area contributed by atoms with Gasteiger partial charge in [0.15, 0.2) is 0 Å². The molecule has 0 bridgehead atoms. The van der Waals surface area contributed by atoms with E-state index in [1.54, 1.807) is 30.3 Å². The Bertz CT molecular complexity index is 716. The number of rotatable bonds is 5. The third kappa shape index (κ3) is 4.68. The molecule has 1 aromatic rings. The van der Waals surface area contributed by atoms with Crippen molar-refractivity contribution in [2.24, 2.45) is 0 Å². The number of carbonyl (C=O) groups excluding carboxylic acids is 1. The summed E-state index contributed by atoms with van der Waals surface area (Å²) in [6.07, 6.45) is 7.65. The highest BCUT2D eigenvalue weighted by atomic mass is 32.2. The fraction of sp³-hybridized carbons (Fsp3) is 0.500. The second-order valence-corrected chi connectivity index (χ2v) is 8.35. The number of nitrogens with one attached hydrogen (secondary N) is 1. The Morgan fingerprint density at radius 2 is 1.76 bits per heavy atom. The molecule has 3 rings (SSSR count). The van der Waals surface area contributed by atoms with E-state index >= 15 is 0 Å². The molecule has 1 aliphatic carbocycles. The average Bonchev–Trinajstić information content (AvgIpc) is 3.14. The molecule has 0 atom stereocenters. The van der Waals surface area contributed by atoms with Gasteiger partial charge in [0, 0.05) is 25.2 Å². The van der Waals surface area contributed by atoms with E-state index < -0.39 is 10.0 Å². The van der Waals surface area contributed by atoms with Crippen LogP contribution in [0.5, 0.6) is 0 Å². The Hall–Kier alpha value is -1.70. The van der Waals surface area contributed by atoms with Crippen molar-refractivity contribution >= 4 is 22.0 Å². The first-order chi connectivity index (χ1) is 12.1. The van der Waals surface area contributed by atoms with Crippen molar-refractivity contribution < 1.29 is 17.9 Å². The van der Waals surface area contributed by atoms with Crippen molar-refractivity contribution in [3.63, 3.8) is 0 Å². The molecule has 1 saturated heterocycles. The Morgan fingerprint density at radius 1 is 1.12 bits per heavy atom. The summed E-state index contributed by atoms with van der Waals surface area (Å²) in [6.45, 7) is 1.61. The van der Waals surface area contributed by atoms with Gasteiger partial charge in [0.05, 0.1) is 18.1 Å². The summed E-state index contributed by atoms with van der Waals surface area (Å²) in [5.41, 5.74) is 0.794. The van der Waals surface area contributed by atoms with Crippen molar-refractivity contribution in [2.75, 3.05) is 26.3 Å². The van der Waals surface area contributed by atoms with E-state index in [-0.39, 0.29) is 16.8 Å². The van der Waals surface area contributed by atoms with Crippen molar-refractivity contribution in [1.82, 2.24) is 9.62 Å². The Morgan fingerprint density at radius 3 is 2.40 bits per heavy atom. The molecular weight excluding hydrogens is 340 g/mol. The van der Waals surface area contributed by atoms with Gasteiger partial charge in [-0.25, -0.2) is 8.42 Å². The second-order valence-electron chi connectivity index (χ2n) is 6.41. The lowest BCUT2D eigenvalue weighted by atomic mass is 10.2. The lowest BCUT2D eigenvalue weighted by Crippen LogP contribution is -2.40. The van der Waals surface area contributed by atoms with Crippen LogP contribution in [0.2, 0.25) is 0 Å². The number of nitrogens with zero attached hydrogens (tertiary/aromatic N) is 1. The Balaban J connectivity index is 1.61. The zero-order chi connectivity index (χ0) is 17.7. The predicted octanol–water partition coefficient (Wildman–Crippen LogP) is 1.78. The highest BCUT2D eigenvalue weighted by molar-refractivity contribution is 7.89. The normalized spacial score (nSPS) is 20.2. The van der Waals surface area contributed by atoms with Crippen LogP contribution in [-0.4, -0.2) is 51.0 Å². The number of morpholine rings is 1. The Kier molecular flexibility index (Phi) is 5.88. The minimum atomic E-state index is -3.48. The summed E-state index contributed by atoms with van der Waals surface area (Å²) < 4.78 is 31.7. The topological polar surface area (TPSA) is 75.7 Å². The fourth-order valence-electron chi connectivity index (χ4n) is 3.18. The summed E-state index contributed by atoms with van der Waals surface area (Å²) in [7, 11) is -3.48. The minimum absolute atomic E-state index is 0.100. The summed E-state index contributed by atoms with van der Waals surface area (Å²) >= 11 is 0. The number of hydrogen-bond acceptors (Lipinski definition) is 4. The first kappa shape index (κ1) is 18.1. The molecule has 136 valence electrons. The monoisotopic (exact) mass is 364 g/mol. The summed E-state index contributed by atoms with van der Waals surface area (Å²) in [6, 6.07) is 6.89. The zero-order valence-electron chi connectivity index (χ0n) is 14.2. The van der Waals surface area contributed by atoms with Crippen LogP contribution in [0.4, 0.5) is 0 Å². The number of amides is 1. The smallest absolute Gasteiger partial charge is 0.244 e. The van der Waals surface area contributed by atoms with E-state index in [0.717, 1.165) is 18.4 Å². The van der Waals surface area contributed by atoms with Gasteiger partial charge in [0.25, 0.3) is 0 Å². The van der Waals surface area contributed by atoms with Gasteiger partial charge in [-0.3, -0.25) is 4.79 Å². The molecule has 0 radical (unpaired) electrons. The van der Waals surface area contributed by atoms with Crippen molar-refractivity contribution in [3.8, 4) is 0 Å². The molecule has 6 nitrogen and oxygen atoms in total. The molecule has 1 heterocycles. The quantitative estimate of drug-likeness (QED) is 0.808. The third-order valence-electron chi connectivity index (χ3n) is 4.62. The third-order valence-corrected chi connectivity index (χ3v) is 6.53. The van der Waals surface area contributed by atoms with Crippen molar-refractivity contribution in [2.45, 2.75) is 36.6 Å². The molecule has 0 unspecified atom stereocenters. The summed E-state index contributed by atoms with van der Waals surface area (Å²) in [4.78, 5) is 12.2. The highest BCUT2D eigenvalue weighted by Crippen LogP contribution is 2.19. The molecule has 0 spiro atoms. The van der Waals surface area contributed by atoms with Crippen LogP contribution in [0.15, 0.2) is 35.2 Å². The molecule has 1 amide bonds. The van der Waals surface area contributed by atoms with E-state index in [4.69, 9.17) is 4.74 Å². The number of carbonyl (C=O) groups is 1. The molecule has 25 heavy (non-hydrogen) atoms. The van der Waals surface area contributed by atoms with Crippen LogP contribution in [0, 0.1) is 0 Å². The van der Waals surface area contributed by atoms with E-state index in [2.05, 4.69) is 5.32 Å². The predicted molar refractivity (Wildman–Crippen MR) is 95.5 cm³/mol. The van der Waals surface area contributed by atoms with Crippen LogP contribution in [0.25, 0.3) is 6.08 Å². The van der Waals surface area contributed by atoms with Gasteiger partial charge in [-0.2, -0.15) is 4.31 Å². The van der Waals surface area contributed by atoms with Gasteiger partial charge in [-0.15, -0.1) is 0 Å². The number of hydrogen-bond donors (Lipinski definition) is 1. The maximum Gasteiger partial charge on any atom is 0.244 e. The molecule has 2 fully saturated rings. The Labute approximate surface area is 148 Å². The first-order valence-electron chi connectivity index (χ1n) is 8.72. The molecule has 1 aromatic carbocycles. The van der Waals surface area contributed by atoms with E-state index in [1.807, 2.05) is 0 Å². The van der Waals surface area contributed by atoms with E-state index in [9.17, 15) is 13.2 Å². The summed E-state index contributed by atoms with van der Waals surface area (Å²) in [5.74, 6) is -0.100. The highest BCUT2D eigenvalue weighted by Gasteiger charge is 2.25. The van der Waals surface area contributed by atoms with Gasteiger partial charge < -0.3 is 10.1 Å². The largest absolute Gasteiger partial charge is 0.379 e. The van der Waals surface area contributed by atoms with E-state index in [1.165, 1.54) is 23.2 Å². The standard InChI is InChI=1S/C18H24N2O4S/c21-18(19-16-3-1-2-4-16)10-7-15-5-8-17(9-6-15)25(22,23)20-11-13-24-14-12-20/h5-10,16H,1-4,11-14H2,(H,19,21)/b10-7+. The zero-order valence-corrected chi connectivity index (χ0v) is 15.0. The van der Waals surface area contributed by atoms with Crippen LogP contribution >= 0.6 is 0 Å². The van der Waals surface area contributed by atoms with Crippen molar-refractivity contribution in [1.29, 1.82) is 0 Å². The molecule has 1 N–H and O–H groups in total. The van der Waals surface area contributed by atoms with Crippen LogP contribution in [0.1, 0.15) is 31.2 Å². The van der Waals surface area contributed by atoms with Crippen molar-refractivity contribution in [3.05, 3.63) is 35.9 Å². The van der Waals surface area contributed by atoms with Gasteiger partial charge in [-0.1, -0.05) is 25.0 Å². The molecule has 1 saturated carbocycles. The lowest BCUT2D eigenvalue weighted by molar-refractivity contribution is -0.117. The maximum atomic E-state index is 12.5. The SMILES string of the molecule is O=C(/C=C/c1ccc(S(=O)(=O)N2CCOCC2)cc1)NC1CCCC1. The number of benzene rings is 1. The summed E-state index contributed by atoms with van der Waals surface area (Å²) in [5, 5.41) is 2.99. The van der Waals surface area contributed by atoms with E-state index in [0.29, 0.717) is 26.3 Å². The van der Waals surface area contributed by atoms with Crippen LogP contribution in [0.3, 0.4) is 0 Å². The average molecular weight is 364 g/mol. The molecule has 2 aliphatic rings. The van der Waals surface area contributed by atoms with Gasteiger partial charge in [-0.05, 0) is 36.6 Å². The number of ether oxygens (including phenoxy) is 1. The van der Waals surface area contributed by atoms with Gasteiger partial charge >= 0.3 is 0 Å². The second kappa shape index (κ2) is 8.12. The molecule has 0 aromatic heterocycles. The number of sulfonamides is 1. The first-order valence-corrected chi connectivity index (χ1v) is 10.2. The van der Waals surface area contributed by atoms with Gasteiger partial charge in [0.2, 0.25) is 15.9 Å².